The Balaban J connectivity index is 0.00000243. The maximum Gasteiger partial charge on any atom is 0.254 e. The van der Waals surface area contributed by atoms with Crippen LogP contribution in [0.1, 0.15) is 49.4 Å². The number of benzene rings is 1. The first-order chi connectivity index (χ1) is 12.0. The van der Waals surface area contributed by atoms with E-state index in [1.807, 2.05) is 4.90 Å². The van der Waals surface area contributed by atoms with Crippen molar-refractivity contribution in [3.05, 3.63) is 29.8 Å². The quantitative estimate of drug-likeness (QED) is 0.842. The number of rotatable bonds is 3. The molecule has 2 aliphatic rings. The zero-order valence-corrected chi connectivity index (χ0v) is 16.0. The Bertz CT molecular complexity index is 629. The monoisotopic (exact) mass is 381 g/mol. The number of piperidine rings is 1. The van der Waals surface area contributed by atoms with E-state index in [0.717, 1.165) is 19.4 Å². The fourth-order valence-corrected chi connectivity index (χ4v) is 3.48. The molecular formula is C19H28ClN3O3. The molecule has 0 saturated carbocycles. The summed E-state index contributed by atoms with van der Waals surface area (Å²) in [5.41, 5.74) is 6.62. The van der Waals surface area contributed by atoms with E-state index in [1.54, 1.807) is 24.3 Å². The molecular weight excluding hydrogens is 354 g/mol. The third-order valence-electron chi connectivity index (χ3n) is 5.29. The number of amides is 2. The minimum atomic E-state index is -0.879. The van der Waals surface area contributed by atoms with Crippen LogP contribution in [0, 0.1) is 0 Å². The maximum absolute atomic E-state index is 12.6. The Kier molecular flexibility index (Phi) is 7.03. The summed E-state index contributed by atoms with van der Waals surface area (Å²) in [6.07, 6.45) is 4.33. The molecule has 2 aliphatic heterocycles. The molecule has 0 aromatic heterocycles. The molecule has 1 atom stereocenters. The van der Waals surface area contributed by atoms with Gasteiger partial charge in [0.05, 0.1) is 0 Å². The standard InChI is InChI=1S/C19H27N3O3.ClH/c1-14-4-2-3-11-22(14)17(23)15-5-7-16(8-6-15)21-18(24)19(20)9-12-25-13-10-19;/h5-8,14H,2-4,9-13,20H2,1H3,(H,21,24);1H. The minimum absolute atomic E-state index is 0. The molecule has 2 fully saturated rings. The predicted molar refractivity (Wildman–Crippen MR) is 104 cm³/mol. The average molecular weight is 382 g/mol. The fourth-order valence-electron chi connectivity index (χ4n) is 3.48. The molecule has 3 N–H and O–H groups in total. The first-order valence-electron chi connectivity index (χ1n) is 9.09. The van der Waals surface area contributed by atoms with Crippen LogP contribution >= 0.6 is 12.4 Å². The lowest BCUT2D eigenvalue weighted by molar-refractivity contribution is -0.124. The van der Waals surface area contributed by atoms with E-state index in [1.165, 1.54) is 6.42 Å². The van der Waals surface area contributed by atoms with Gasteiger partial charge in [0.2, 0.25) is 5.91 Å². The Labute approximate surface area is 160 Å². The number of carbonyl (C=O) groups is 2. The molecule has 6 nitrogen and oxygen atoms in total. The van der Waals surface area contributed by atoms with Crippen molar-refractivity contribution < 1.29 is 14.3 Å². The van der Waals surface area contributed by atoms with Gasteiger partial charge in [0.25, 0.3) is 5.91 Å². The van der Waals surface area contributed by atoms with Crippen LogP contribution < -0.4 is 11.1 Å². The van der Waals surface area contributed by atoms with Crippen molar-refractivity contribution >= 4 is 29.9 Å². The van der Waals surface area contributed by atoms with Crippen LogP contribution in [0.5, 0.6) is 0 Å². The smallest absolute Gasteiger partial charge is 0.254 e. The number of hydrogen-bond acceptors (Lipinski definition) is 4. The molecule has 3 rings (SSSR count). The van der Waals surface area contributed by atoms with Crippen LogP contribution in [-0.4, -0.2) is 48.1 Å². The van der Waals surface area contributed by atoms with Crippen molar-refractivity contribution in [3.63, 3.8) is 0 Å². The Morgan fingerprint density at radius 2 is 1.85 bits per heavy atom. The van der Waals surface area contributed by atoms with Gasteiger partial charge in [0.1, 0.15) is 5.54 Å². The number of halogens is 1. The van der Waals surface area contributed by atoms with E-state index in [4.69, 9.17) is 10.5 Å². The summed E-state index contributed by atoms with van der Waals surface area (Å²) in [6.45, 7) is 3.92. The second-order valence-corrected chi connectivity index (χ2v) is 7.14. The highest BCUT2D eigenvalue weighted by Crippen LogP contribution is 2.22. The molecule has 144 valence electrons. The van der Waals surface area contributed by atoms with Crippen molar-refractivity contribution in [2.75, 3.05) is 25.1 Å². The average Bonchev–Trinajstić information content (AvgIpc) is 2.63. The molecule has 7 heteroatoms. The molecule has 1 aromatic carbocycles. The van der Waals surface area contributed by atoms with E-state index in [2.05, 4.69) is 12.2 Å². The van der Waals surface area contributed by atoms with Gasteiger partial charge in [-0.1, -0.05) is 0 Å². The van der Waals surface area contributed by atoms with Gasteiger partial charge in [-0.15, -0.1) is 12.4 Å². The second-order valence-electron chi connectivity index (χ2n) is 7.14. The van der Waals surface area contributed by atoms with Crippen molar-refractivity contribution in [3.8, 4) is 0 Å². The van der Waals surface area contributed by atoms with E-state index in [0.29, 0.717) is 37.3 Å². The van der Waals surface area contributed by atoms with Crippen LogP contribution in [0.2, 0.25) is 0 Å². The Hall–Kier alpha value is -1.63. The molecule has 0 aliphatic carbocycles. The molecule has 0 spiro atoms. The number of carbonyl (C=O) groups excluding carboxylic acids is 2. The van der Waals surface area contributed by atoms with Crippen LogP contribution in [0.4, 0.5) is 5.69 Å². The number of nitrogens with one attached hydrogen (secondary N) is 1. The molecule has 2 heterocycles. The van der Waals surface area contributed by atoms with Gasteiger partial charge in [0, 0.05) is 37.1 Å². The van der Waals surface area contributed by atoms with Gasteiger partial charge < -0.3 is 20.7 Å². The van der Waals surface area contributed by atoms with Gasteiger partial charge in [-0.25, -0.2) is 0 Å². The number of likely N-dealkylation sites (tertiary alicyclic amines) is 1. The molecule has 26 heavy (non-hydrogen) atoms. The SMILES string of the molecule is CC1CCCCN1C(=O)c1ccc(NC(=O)C2(N)CCOCC2)cc1.Cl. The van der Waals surface area contributed by atoms with E-state index in [9.17, 15) is 9.59 Å². The van der Waals surface area contributed by atoms with Gasteiger partial charge in [-0.3, -0.25) is 9.59 Å². The zero-order chi connectivity index (χ0) is 17.9. The van der Waals surface area contributed by atoms with Crippen LogP contribution in [-0.2, 0) is 9.53 Å². The fraction of sp³-hybridized carbons (Fsp3) is 0.579. The lowest BCUT2D eigenvalue weighted by Gasteiger charge is -2.33. The maximum atomic E-state index is 12.6. The van der Waals surface area contributed by atoms with Gasteiger partial charge in [0.15, 0.2) is 0 Å². The highest BCUT2D eigenvalue weighted by atomic mass is 35.5. The Morgan fingerprint density at radius 1 is 1.19 bits per heavy atom. The van der Waals surface area contributed by atoms with Crippen LogP contribution in [0.3, 0.4) is 0 Å². The Morgan fingerprint density at radius 3 is 2.46 bits per heavy atom. The first-order valence-corrected chi connectivity index (χ1v) is 9.09. The predicted octanol–water partition coefficient (Wildman–Crippen LogP) is 2.57. The first kappa shape index (κ1) is 20.7. The number of anilines is 1. The van der Waals surface area contributed by atoms with Gasteiger partial charge >= 0.3 is 0 Å². The van der Waals surface area contributed by atoms with Gasteiger partial charge in [-0.05, 0) is 63.3 Å². The largest absolute Gasteiger partial charge is 0.381 e. The van der Waals surface area contributed by atoms with E-state index in [-0.39, 0.29) is 30.3 Å². The van der Waals surface area contributed by atoms with Crippen LogP contribution in [0.25, 0.3) is 0 Å². The molecule has 1 unspecified atom stereocenters. The van der Waals surface area contributed by atoms with E-state index < -0.39 is 5.54 Å². The van der Waals surface area contributed by atoms with Crippen molar-refractivity contribution in [1.82, 2.24) is 4.90 Å². The van der Waals surface area contributed by atoms with Crippen molar-refractivity contribution in [2.45, 2.75) is 50.6 Å². The zero-order valence-electron chi connectivity index (χ0n) is 15.2. The summed E-state index contributed by atoms with van der Waals surface area (Å²) >= 11 is 0. The lowest BCUT2D eigenvalue weighted by Crippen LogP contribution is -2.54. The van der Waals surface area contributed by atoms with Crippen molar-refractivity contribution in [1.29, 1.82) is 0 Å². The summed E-state index contributed by atoms with van der Waals surface area (Å²) < 4.78 is 5.27. The molecule has 2 saturated heterocycles. The molecule has 2 amide bonds. The summed E-state index contributed by atoms with van der Waals surface area (Å²) in [5, 5.41) is 2.86. The number of nitrogens with zero attached hydrogens (tertiary/aromatic N) is 1. The minimum Gasteiger partial charge on any atom is -0.381 e. The van der Waals surface area contributed by atoms with Crippen molar-refractivity contribution in [2.24, 2.45) is 5.73 Å². The third-order valence-corrected chi connectivity index (χ3v) is 5.29. The topological polar surface area (TPSA) is 84.7 Å². The number of hydrogen-bond donors (Lipinski definition) is 2. The highest BCUT2D eigenvalue weighted by molar-refractivity contribution is 5.99. The third kappa shape index (κ3) is 4.55. The normalized spacial score (nSPS) is 22.2. The summed E-state index contributed by atoms with van der Waals surface area (Å²) in [7, 11) is 0. The molecule has 0 bridgehead atoms. The summed E-state index contributed by atoms with van der Waals surface area (Å²) in [4.78, 5) is 27.0. The summed E-state index contributed by atoms with van der Waals surface area (Å²) in [5.74, 6) is -0.135. The molecule has 1 aromatic rings. The lowest BCUT2D eigenvalue weighted by atomic mass is 9.90. The number of ether oxygens (including phenoxy) is 1. The van der Waals surface area contributed by atoms with E-state index >= 15 is 0 Å². The number of nitrogens with two attached hydrogens (primary N) is 1. The second kappa shape index (κ2) is 8.84. The molecule has 0 radical (unpaired) electrons. The highest BCUT2D eigenvalue weighted by Gasteiger charge is 2.36. The van der Waals surface area contributed by atoms with Gasteiger partial charge in [-0.2, -0.15) is 0 Å². The van der Waals surface area contributed by atoms with Crippen LogP contribution in [0.15, 0.2) is 24.3 Å². The summed E-state index contributed by atoms with van der Waals surface area (Å²) in [6, 6.07) is 7.36.